The highest BCUT2D eigenvalue weighted by Crippen LogP contribution is 2.17. The van der Waals surface area contributed by atoms with Crippen molar-refractivity contribution in [3.05, 3.63) is 23.9 Å². The second kappa shape index (κ2) is 7.25. The number of rotatable bonds is 7. The zero-order valence-corrected chi connectivity index (χ0v) is 11.0. The van der Waals surface area contributed by atoms with Gasteiger partial charge in [-0.2, -0.15) is 0 Å². The van der Waals surface area contributed by atoms with Gasteiger partial charge < -0.3 is 15.4 Å². The van der Waals surface area contributed by atoms with Crippen LogP contribution in [0.2, 0.25) is 0 Å². The first-order valence-electron chi connectivity index (χ1n) is 6.04. The van der Waals surface area contributed by atoms with Crippen molar-refractivity contribution in [1.29, 1.82) is 0 Å². The first-order valence-corrected chi connectivity index (χ1v) is 6.04. The van der Waals surface area contributed by atoms with Gasteiger partial charge >= 0.3 is 0 Å². The van der Waals surface area contributed by atoms with Crippen molar-refractivity contribution in [2.24, 2.45) is 5.73 Å². The van der Waals surface area contributed by atoms with E-state index in [0.29, 0.717) is 0 Å². The molecule has 0 aromatic carbocycles. The summed E-state index contributed by atoms with van der Waals surface area (Å²) in [4.78, 5) is 6.60. The molecule has 0 amide bonds. The molecule has 1 heterocycles. The number of hydrogen-bond donors (Lipinski definition) is 1. The maximum Gasteiger partial charge on any atom is 0.131 e. The van der Waals surface area contributed by atoms with Crippen molar-refractivity contribution in [3.8, 4) is 0 Å². The SMILES string of the molecule is COCCCN(C)c1ncccc1CC(C)N. The summed E-state index contributed by atoms with van der Waals surface area (Å²) in [7, 11) is 3.78. The normalized spacial score (nSPS) is 12.5. The summed E-state index contributed by atoms with van der Waals surface area (Å²) in [5.41, 5.74) is 7.06. The molecule has 0 aliphatic rings. The summed E-state index contributed by atoms with van der Waals surface area (Å²) in [6.07, 6.45) is 3.69. The topological polar surface area (TPSA) is 51.4 Å². The van der Waals surface area contributed by atoms with Crippen LogP contribution in [-0.2, 0) is 11.2 Å². The van der Waals surface area contributed by atoms with Gasteiger partial charge in [0.2, 0.25) is 0 Å². The Balaban J connectivity index is 2.67. The van der Waals surface area contributed by atoms with E-state index >= 15 is 0 Å². The predicted molar refractivity (Wildman–Crippen MR) is 71.4 cm³/mol. The number of nitrogens with two attached hydrogens (primary N) is 1. The van der Waals surface area contributed by atoms with Crippen LogP contribution in [0.4, 0.5) is 5.82 Å². The first-order chi connectivity index (χ1) is 8.15. The fraction of sp³-hybridized carbons (Fsp3) is 0.615. The molecule has 1 atom stereocenters. The minimum absolute atomic E-state index is 0.158. The van der Waals surface area contributed by atoms with E-state index in [1.807, 2.05) is 19.2 Å². The molecule has 1 rings (SSSR count). The zero-order valence-electron chi connectivity index (χ0n) is 11.0. The molecule has 1 aromatic rings. The summed E-state index contributed by atoms with van der Waals surface area (Å²) in [5, 5.41) is 0. The van der Waals surface area contributed by atoms with Gasteiger partial charge in [-0.25, -0.2) is 4.98 Å². The molecule has 4 heteroatoms. The molecule has 0 saturated heterocycles. The van der Waals surface area contributed by atoms with Crippen molar-refractivity contribution < 1.29 is 4.74 Å². The summed E-state index contributed by atoms with van der Waals surface area (Å²) < 4.78 is 5.06. The van der Waals surface area contributed by atoms with Crippen LogP contribution in [0.5, 0.6) is 0 Å². The molecule has 0 bridgehead atoms. The van der Waals surface area contributed by atoms with Gasteiger partial charge in [-0.15, -0.1) is 0 Å². The molecule has 0 saturated carbocycles. The molecule has 0 spiro atoms. The van der Waals surface area contributed by atoms with Crippen LogP contribution in [-0.4, -0.2) is 38.3 Å². The van der Waals surface area contributed by atoms with Crippen LogP contribution >= 0.6 is 0 Å². The predicted octanol–water partition coefficient (Wildman–Crippen LogP) is 1.44. The molecule has 2 N–H and O–H groups in total. The van der Waals surface area contributed by atoms with Gasteiger partial charge in [-0.3, -0.25) is 0 Å². The van der Waals surface area contributed by atoms with Crippen LogP contribution in [0.25, 0.3) is 0 Å². The third kappa shape index (κ3) is 4.71. The maximum atomic E-state index is 5.85. The molecule has 0 aliphatic heterocycles. The van der Waals surface area contributed by atoms with E-state index < -0.39 is 0 Å². The van der Waals surface area contributed by atoms with Crippen LogP contribution < -0.4 is 10.6 Å². The van der Waals surface area contributed by atoms with Crippen LogP contribution in [0, 0.1) is 0 Å². The number of aromatic nitrogens is 1. The Morgan fingerprint density at radius 1 is 1.53 bits per heavy atom. The number of pyridine rings is 1. The Morgan fingerprint density at radius 2 is 2.29 bits per heavy atom. The average molecular weight is 237 g/mol. The molecular formula is C13H23N3O. The lowest BCUT2D eigenvalue weighted by atomic mass is 10.1. The van der Waals surface area contributed by atoms with Gasteiger partial charge in [0.25, 0.3) is 0 Å². The van der Waals surface area contributed by atoms with Gasteiger partial charge in [-0.05, 0) is 31.4 Å². The second-order valence-corrected chi connectivity index (χ2v) is 4.44. The minimum atomic E-state index is 0.158. The summed E-state index contributed by atoms with van der Waals surface area (Å²) in [5.74, 6) is 1.03. The standard InChI is InChI=1S/C13H23N3O/c1-11(14)10-12-6-4-7-15-13(12)16(2)8-5-9-17-3/h4,6-7,11H,5,8-10,14H2,1-3H3. The summed E-state index contributed by atoms with van der Waals surface area (Å²) >= 11 is 0. The molecular weight excluding hydrogens is 214 g/mol. The van der Waals surface area contributed by atoms with E-state index in [4.69, 9.17) is 10.5 Å². The second-order valence-electron chi connectivity index (χ2n) is 4.44. The minimum Gasteiger partial charge on any atom is -0.385 e. The van der Waals surface area contributed by atoms with E-state index in [1.165, 1.54) is 5.56 Å². The highest BCUT2D eigenvalue weighted by atomic mass is 16.5. The third-order valence-electron chi connectivity index (χ3n) is 2.61. The molecule has 1 unspecified atom stereocenters. The van der Waals surface area contributed by atoms with Crippen LogP contribution in [0.15, 0.2) is 18.3 Å². The number of methoxy groups -OCH3 is 1. The molecule has 17 heavy (non-hydrogen) atoms. The lowest BCUT2D eigenvalue weighted by Gasteiger charge is -2.21. The summed E-state index contributed by atoms with van der Waals surface area (Å²) in [6.45, 7) is 3.73. The van der Waals surface area contributed by atoms with Gasteiger partial charge in [0.15, 0.2) is 0 Å². The Kier molecular flexibility index (Phi) is 5.94. The number of ether oxygens (including phenoxy) is 1. The van der Waals surface area contributed by atoms with E-state index in [1.54, 1.807) is 7.11 Å². The molecule has 0 fully saturated rings. The highest BCUT2D eigenvalue weighted by Gasteiger charge is 2.09. The van der Waals surface area contributed by atoms with E-state index in [2.05, 4.69) is 23.0 Å². The average Bonchev–Trinajstić information content (AvgIpc) is 2.29. The smallest absolute Gasteiger partial charge is 0.131 e. The van der Waals surface area contributed by atoms with E-state index in [9.17, 15) is 0 Å². The molecule has 0 aliphatic carbocycles. The van der Waals surface area contributed by atoms with E-state index in [-0.39, 0.29) is 6.04 Å². The molecule has 1 aromatic heterocycles. The van der Waals surface area contributed by atoms with Crippen molar-refractivity contribution in [2.75, 3.05) is 32.2 Å². The Hall–Kier alpha value is -1.13. The Labute approximate surface area is 104 Å². The first kappa shape index (κ1) is 13.9. The molecule has 96 valence electrons. The van der Waals surface area contributed by atoms with Gasteiger partial charge in [0, 0.05) is 39.5 Å². The Morgan fingerprint density at radius 3 is 2.94 bits per heavy atom. The lowest BCUT2D eigenvalue weighted by molar-refractivity contribution is 0.196. The van der Waals surface area contributed by atoms with Crippen molar-refractivity contribution >= 4 is 5.82 Å². The van der Waals surface area contributed by atoms with Crippen molar-refractivity contribution in [3.63, 3.8) is 0 Å². The number of anilines is 1. The molecule has 0 radical (unpaired) electrons. The van der Waals surface area contributed by atoms with Crippen molar-refractivity contribution in [1.82, 2.24) is 4.98 Å². The summed E-state index contributed by atoms with van der Waals surface area (Å²) in [6, 6.07) is 4.22. The maximum absolute atomic E-state index is 5.85. The fourth-order valence-corrected chi connectivity index (χ4v) is 1.83. The van der Waals surface area contributed by atoms with Crippen molar-refractivity contribution in [2.45, 2.75) is 25.8 Å². The fourth-order valence-electron chi connectivity index (χ4n) is 1.83. The largest absolute Gasteiger partial charge is 0.385 e. The lowest BCUT2D eigenvalue weighted by Crippen LogP contribution is -2.25. The van der Waals surface area contributed by atoms with E-state index in [0.717, 1.165) is 31.8 Å². The zero-order chi connectivity index (χ0) is 12.7. The van der Waals surface area contributed by atoms with Gasteiger partial charge in [-0.1, -0.05) is 6.07 Å². The van der Waals surface area contributed by atoms with Crippen LogP contribution in [0.3, 0.4) is 0 Å². The van der Waals surface area contributed by atoms with Gasteiger partial charge in [0.05, 0.1) is 0 Å². The van der Waals surface area contributed by atoms with Crippen LogP contribution in [0.1, 0.15) is 18.9 Å². The number of nitrogens with zero attached hydrogens (tertiary/aromatic N) is 2. The number of hydrogen-bond acceptors (Lipinski definition) is 4. The quantitative estimate of drug-likeness (QED) is 0.729. The Bertz CT molecular complexity index is 328. The highest BCUT2D eigenvalue weighted by molar-refractivity contribution is 5.46. The monoisotopic (exact) mass is 237 g/mol. The molecule has 4 nitrogen and oxygen atoms in total. The third-order valence-corrected chi connectivity index (χ3v) is 2.61. The van der Waals surface area contributed by atoms with Gasteiger partial charge in [0.1, 0.15) is 5.82 Å².